The lowest BCUT2D eigenvalue weighted by molar-refractivity contribution is 0.128. The normalized spacial score (nSPS) is 17.4. The molecule has 0 radical (unpaired) electrons. The maximum atomic E-state index is 11.9. The molecule has 2 rings (SSSR count). The molecule has 108 valence electrons. The maximum absolute atomic E-state index is 11.9. The Morgan fingerprint density at radius 3 is 2.80 bits per heavy atom. The lowest BCUT2D eigenvalue weighted by Crippen LogP contribution is -2.39. The Kier molecular flexibility index (Phi) is 5.57. The number of para-hydroxylation sites is 1. The quantitative estimate of drug-likeness (QED) is 0.796. The Morgan fingerprint density at radius 2 is 2.15 bits per heavy atom. The highest BCUT2D eigenvalue weighted by Crippen LogP contribution is 2.34. The van der Waals surface area contributed by atoms with Gasteiger partial charge in [0.1, 0.15) is 5.69 Å². The van der Waals surface area contributed by atoms with E-state index in [1.165, 1.54) is 16.7 Å². The summed E-state index contributed by atoms with van der Waals surface area (Å²) in [6, 6.07) is 5.19. The second-order valence-electron chi connectivity index (χ2n) is 4.02. The number of hydrogen-bond acceptors (Lipinski definition) is 4. The van der Waals surface area contributed by atoms with Gasteiger partial charge in [0.25, 0.3) is 0 Å². The summed E-state index contributed by atoms with van der Waals surface area (Å²) in [5.74, 6) is 0.900. The first kappa shape index (κ1) is 15.5. The molecule has 1 amide bonds. The van der Waals surface area contributed by atoms with Crippen LogP contribution in [0.1, 0.15) is 13.3 Å². The molecule has 0 atom stereocenters. The first-order valence-corrected chi connectivity index (χ1v) is 7.97. The lowest BCUT2D eigenvalue weighted by Gasteiger charge is -2.26. The van der Waals surface area contributed by atoms with Crippen LogP contribution < -0.4 is 0 Å². The zero-order valence-electron chi connectivity index (χ0n) is 10.9. The van der Waals surface area contributed by atoms with Crippen molar-refractivity contribution in [2.45, 2.75) is 13.3 Å². The van der Waals surface area contributed by atoms with Gasteiger partial charge in [0, 0.05) is 12.3 Å². The van der Waals surface area contributed by atoms with E-state index in [2.05, 4.69) is 4.99 Å². The van der Waals surface area contributed by atoms with Gasteiger partial charge in [0.05, 0.1) is 16.7 Å². The van der Waals surface area contributed by atoms with Crippen LogP contribution in [0.15, 0.2) is 23.2 Å². The fourth-order valence-corrected chi connectivity index (χ4v) is 3.13. The number of thioether (sulfide) groups is 1. The van der Waals surface area contributed by atoms with Gasteiger partial charge in [-0.2, -0.15) is 0 Å². The van der Waals surface area contributed by atoms with Crippen LogP contribution in [0.4, 0.5) is 10.5 Å². The summed E-state index contributed by atoms with van der Waals surface area (Å²) in [6.45, 7) is 2.70. The van der Waals surface area contributed by atoms with Gasteiger partial charge < -0.3 is 4.74 Å². The number of rotatable bonds is 2. The van der Waals surface area contributed by atoms with Crippen LogP contribution in [0.25, 0.3) is 0 Å². The lowest BCUT2D eigenvalue weighted by atomic mass is 10.3. The number of hydrogen-bond donors (Lipinski definition) is 0. The van der Waals surface area contributed by atoms with Crippen LogP contribution in [-0.2, 0) is 4.74 Å². The molecular formula is C13H14Cl2N2O2S. The van der Waals surface area contributed by atoms with Crippen molar-refractivity contribution in [3.63, 3.8) is 0 Å². The van der Waals surface area contributed by atoms with E-state index >= 15 is 0 Å². The number of carbonyl (C=O) groups excluding carboxylic acids is 1. The van der Waals surface area contributed by atoms with E-state index in [-0.39, 0.29) is 6.09 Å². The highest BCUT2D eigenvalue weighted by molar-refractivity contribution is 8.13. The van der Waals surface area contributed by atoms with Crippen LogP contribution in [0.5, 0.6) is 0 Å². The highest BCUT2D eigenvalue weighted by Gasteiger charge is 2.25. The van der Waals surface area contributed by atoms with E-state index in [9.17, 15) is 4.79 Å². The summed E-state index contributed by atoms with van der Waals surface area (Å²) in [6.07, 6.45) is 0.514. The van der Waals surface area contributed by atoms with Gasteiger partial charge in [0.2, 0.25) is 0 Å². The second kappa shape index (κ2) is 7.20. The van der Waals surface area contributed by atoms with Gasteiger partial charge in [-0.3, -0.25) is 4.90 Å². The van der Waals surface area contributed by atoms with Crippen LogP contribution in [0, 0.1) is 0 Å². The number of amidine groups is 1. The Balaban J connectivity index is 2.32. The average molecular weight is 333 g/mol. The highest BCUT2D eigenvalue weighted by atomic mass is 35.5. The molecule has 7 heteroatoms. The van der Waals surface area contributed by atoms with Gasteiger partial charge in [-0.1, -0.05) is 41.0 Å². The molecule has 0 saturated carbocycles. The van der Waals surface area contributed by atoms with E-state index in [0.29, 0.717) is 34.1 Å². The number of carbonyl (C=O) groups is 1. The number of ether oxygens (including phenoxy) is 1. The minimum Gasteiger partial charge on any atom is -0.449 e. The topological polar surface area (TPSA) is 41.9 Å². The molecule has 0 aliphatic carbocycles. The van der Waals surface area contributed by atoms with Gasteiger partial charge in [-0.05, 0) is 25.5 Å². The molecule has 0 bridgehead atoms. The van der Waals surface area contributed by atoms with Crippen LogP contribution in [0.2, 0.25) is 10.0 Å². The Hall–Kier alpha value is -0.910. The van der Waals surface area contributed by atoms with E-state index in [1.54, 1.807) is 25.1 Å². The Labute approximate surface area is 132 Å². The minimum absolute atomic E-state index is 0.333. The summed E-state index contributed by atoms with van der Waals surface area (Å²) >= 11 is 13.7. The number of halogens is 2. The molecule has 0 spiro atoms. The summed E-state index contributed by atoms with van der Waals surface area (Å²) in [7, 11) is 0. The third kappa shape index (κ3) is 3.59. The molecule has 0 N–H and O–H groups in total. The molecule has 0 unspecified atom stereocenters. The summed E-state index contributed by atoms with van der Waals surface area (Å²) in [5, 5.41) is 1.49. The smallest absolute Gasteiger partial charge is 0.415 e. The molecule has 1 aromatic rings. The fraction of sp³-hybridized carbons (Fsp3) is 0.385. The van der Waals surface area contributed by atoms with Gasteiger partial charge >= 0.3 is 6.09 Å². The third-order valence-corrected chi connectivity index (χ3v) is 4.29. The van der Waals surface area contributed by atoms with Gasteiger partial charge in [-0.15, -0.1) is 0 Å². The van der Waals surface area contributed by atoms with Crippen LogP contribution >= 0.6 is 35.0 Å². The SMILES string of the molecule is CCOC(=O)N1CCCSC1=Nc1c(Cl)cccc1Cl. The Morgan fingerprint density at radius 1 is 1.45 bits per heavy atom. The molecule has 1 aliphatic heterocycles. The molecule has 1 saturated heterocycles. The van der Waals surface area contributed by atoms with Gasteiger partial charge in [-0.25, -0.2) is 9.79 Å². The largest absolute Gasteiger partial charge is 0.449 e. The summed E-state index contributed by atoms with van der Waals surface area (Å²) < 4.78 is 5.04. The zero-order chi connectivity index (χ0) is 14.5. The standard InChI is InChI=1S/C13H14Cl2N2O2S/c1-2-19-13(18)17-7-4-8-20-12(17)16-11-9(14)5-3-6-10(11)15/h3,5-6H,2,4,7-8H2,1H3. The zero-order valence-corrected chi connectivity index (χ0v) is 13.3. The molecule has 1 aromatic carbocycles. The minimum atomic E-state index is -0.387. The number of aliphatic imine (C=N–C) groups is 1. The molecule has 1 fully saturated rings. The van der Waals surface area contributed by atoms with E-state index in [0.717, 1.165) is 12.2 Å². The Bertz CT molecular complexity index is 517. The number of benzene rings is 1. The van der Waals surface area contributed by atoms with E-state index in [1.807, 2.05) is 0 Å². The molecule has 20 heavy (non-hydrogen) atoms. The van der Waals surface area contributed by atoms with Crippen molar-refractivity contribution in [1.82, 2.24) is 4.90 Å². The molecule has 4 nitrogen and oxygen atoms in total. The van der Waals surface area contributed by atoms with Crippen molar-refractivity contribution in [3.05, 3.63) is 28.2 Å². The first-order chi connectivity index (χ1) is 9.63. The number of amides is 1. The summed E-state index contributed by atoms with van der Waals surface area (Å²) in [4.78, 5) is 17.9. The molecule has 1 aliphatic rings. The molecule has 1 heterocycles. The van der Waals surface area contributed by atoms with Gasteiger partial charge in [0.15, 0.2) is 5.17 Å². The van der Waals surface area contributed by atoms with Crippen LogP contribution in [-0.4, -0.2) is 35.1 Å². The van der Waals surface area contributed by atoms with E-state index in [4.69, 9.17) is 27.9 Å². The van der Waals surface area contributed by atoms with Crippen molar-refractivity contribution in [1.29, 1.82) is 0 Å². The monoisotopic (exact) mass is 332 g/mol. The van der Waals surface area contributed by atoms with Crippen molar-refractivity contribution >= 4 is 51.9 Å². The molecule has 0 aromatic heterocycles. The average Bonchev–Trinajstić information content (AvgIpc) is 2.44. The third-order valence-electron chi connectivity index (χ3n) is 2.62. The van der Waals surface area contributed by atoms with E-state index < -0.39 is 0 Å². The summed E-state index contributed by atoms with van der Waals surface area (Å²) in [5.41, 5.74) is 0.481. The first-order valence-electron chi connectivity index (χ1n) is 6.23. The second-order valence-corrected chi connectivity index (χ2v) is 5.89. The predicted molar refractivity (Wildman–Crippen MR) is 84.4 cm³/mol. The fourth-order valence-electron chi connectivity index (χ4n) is 1.71. The van der Waals surface area contributed by atoms with Crippen molar-refractivity contribution in [3.8, 4) is 0 Å². The predicted octanol–water partition coefficient (Wildman–Crippen LogP) is 4.58. The van der Waals surface area contributed by atoms with Crippen LogP contribution in [0.3, 0.4) is 0 Å². The maximum Gasteiger partial charge on any atom is 0.415 e. The van der Waals surface area contributed by atoms with Crippen molar-refractivity contribution in [2.24, 2.45) is 4.99 Å². The molecular weight excluding hydrogens is 319 g/mol. The van der Waals surface area contributed by atoms with Crippen molar-refractivity contribution in [2.75, 3.05) is 18.9 Å². The number of nitrogens with zero attached hydrogens (tertiary/aromatic N) is 2. The van der Waals surface area contributed by atoms with Crippen molar-refractivity contribution < 1.29 is 9.53 Å².